The maximum atomic E-state index is 11.7. The van der Waals surface area contributed by atoms with E-state index in [1.807, 2.05) is 54.6 Å². The van der Waals surface area contributed by atoms with Crippen LogP contribution in [0.5, 0.6) is 5.75 Å². The van der Waals surface area contributed by atoms with Crippen molar-refractivity contribution in [1.29, 1.82) is 0 Å². The van der Waals surface area contributed by atoms with Gasteiger partial charge >= 0.3 is 0 Å². The van der Waals surface area contributed by atoms with Crippen molar-refractivity contribution in [3.05, 3.63) is 60.5 Å². The molecule has 0 aliphatic heterocycles. The molecular weight excluding hydrogens is 280 g/mol. The topological polar surface area (TPSA) is 64.4 Å². The maximum absolute atomic E-state index is 11.7. The van der Waals surface area contributed by atoms with Crippen molar-refractivity contribution in [3.63, 3.8) is 0 Å². The van der Waals surface area contributed by atoms with Crippen molar-refractivity contribution in [2.75, 3.05) is 13.2 Å². The predicted molar refractivity (Wildman–Crippen MR) is 82.7 cm³/mol. The van der Waals surface area contributed by atoms with E-state index < -0.39 is 0 Å². The van der Waals surface area contributed by atoms with Crippen molar-refractivity contribution >= 4 is 17.0 Å². The second kappa shape index (κ2) is 6.76. The van der Waals surface area contributed by atoms with Gasteiger partial charge < -0.3 is 14.5 Å². The van der Waals surface area contributed by atoms with Crippen LogP contribution in [0.2, 0.25) is 0 Å². The number of benzene rings is 2. The van der Waals surface area contributed by atoms with Crippen molar-refractivity contribution in [3.8, 4) is 5.75 Å². The molecule has 0 spiro atoms. The minimum absolute atomic E-state index is 0.00241. The van der Waals surface area contributed by atoms with Gasteiger partial charge in [0.15, 0.2) is 18.1 Å². The minimum atomic E-state index is -0.167. The van der Waals surface area contributed by atoms with Crippen LogP contribution in [-0.4, -0.2) is 24.0 Å². The van der Waals surface area contributed by atoms with Crippen molar-refractivity contribution < 1.29 is 13.9 Å². The summed E-state index contributed by atoms with van der Waals surface area (Å²) < 4.78 is 11.0. The number of aromatic nitrogens is 1. The molecule has 0 saturated carbocycles. The molecule has 112 valence electrons. The van der Waals surface area contributed by atoms with E-state index in [1.165, 1.54) is 0 Å². The SMILES string of the molecule is O=C(COc1ccccc1)NCCc1nc2ccccc2o1. The van der Waals surface area contributed by atoms with Crippen LogP contribution >= 0.6 is 0 Å². The quantitative estimate of drug-likeness (QED) is 0.759. The molecule has 0 fully saturated rings. The third-order valence-electron chi connectivity index (χ3n) is 3.11. The van der Waals surface area contributed by atoms with Crippen LogP contribution < -0.4 is 10.1 Å². The Kier molecular flexibility index (Phi) is 4.34. The van der Waals surface area contributed by atoms with Gasteiger partial charge in [-0.25, -0.2) is 4.98 Å². The fourth-order valence-corrected chi connectivity index (χ4v) is 2.05. The van der Waals surface area contributed by atoms with Crippen LogP contribution in [0, 0.1) is 0 Å². The average Bonchev–Trinajstić information content (AvgIpc) is 2.96. The number of carbonyl (C=O) groups excluding carboxylic acids is 1. The molecule has 0 unspecified atom stereocenters. The molecule has 0 radical (unpaired) electrons. The van der Waals surface area contributed by atoms with E-state index in [1.54, 1.807) is 0 Å². The monoisotopic (exact) mass is 296 g/mol. The van der Waals surface area contributed by atoms with Crippen LogP contribution in [-0.2, 0) is 11.2 Å². The summed E-state index contributed by atoms with van der Waals surface area (Å²) >= 11 is 0. The number of rotatable bonds is 6. The lowest BCUT2D eigenvalue weighted by atomic mass is 10.3. The van der Waals surface area contributed by atoms with E-state index in [2.05, 4.69) is 10.3 Å². The summed E-state index contributed by atoms with van der Waals surface area (Å²) in [7, 11) is 0. The third-order valence-corrected chi connectivity index (χ3v) is 3.11. The highest BCUT2D eigenvalue weighted by Gasteiger charge is 2.06. The minimum Gasteiger partial charge on any atom is -0.484 e. The summed E-state index contributed by atoms with van der Waals surface area (Å²) in [5.74, 6) is 1.13. The van der Waals surface area contributed by atoms with E-state index in [0.717, 1.165) is 11.1 Å². The lowest BCUT2D eigenvalue weighted by Gasteiger charge is -2.06. The number of hydrogen-bond acceptors (Lipinski definition) is 4. The van der Waals surface area contributed by atoms with Gasteiger partial charge in [-0.05, 0) is 24.3 Å². The van der Waals surface area contributed by atoms with Gasteiger partial charge in [-0.2, -0.15) is 0 Å². The molecule has 2 aromatic carbocycles. The van der Waals surface area contributed by atoms with Gasteiger partial charge in [0.25, 0.3) is 5.91 Å². The Bertz CT molecular complexity index is 720. The fourth-order valence-electron chi connectivity index (χ4n) is 2.05. The molecule has 3 rings (SSSR count). The van der Waals surface area contributed by atoms with Gasteiger partial charge in [0.2, 0.25) is 0 Å². The Labute approximate surface area is 127 Å². The molecule has 0 bridgehead atoms. The molecule has 1 heterocycles. The second-order valence-electron chi connectivity index (χ2n) is 4.78. The maximum Gasteiger partial charge on any atom is 0.257 e. The van der Waals surface area contributed by atoms with Gasteiger partial charge in [0, 0.05) is 13.0 Å². The van der Waals surface area contributed by atoms with Crippen molar-refractivity contribution in [1.82, 2.24) is 10.3 Å². The lowest BCUT2D eigenvalue weighted by Crippen LogP contribution is -2.30. The molecule has 0 saturated heterocycles. The lowest BCUT2D eigenvalue weighted by molar-refractivity contribution is -0.123. The Morgan fingerprint density at radius 2 is 1.86 bits per heavy atom. The highest BCUT2D eigenvalue weighted by Crippen LogP contribution is 2.14. The summed E-state index contributed by atoms with van der Waals surface area (Å²) in [5, 5.41) is 2.78. The number of para-hydroxylation sites is 3. The van der Waals surface area contributed by atoms with Gasteiger partial charge in [0.05, 0.1) is 0 Å². The largest absolute Gasteiger partial charge is 0.484 e. The van der Waals surface area contributed by atoms with Gasteiger partial charge in [-0.15, -0.1) is 0 Å². The predicted octanol–water partition coefficient (Wildman–Crippen LogP) is 2.57. The molecule has 0 atom stereocenters. The number of nitrogens with zero attached hydrogens (tertiary/aromatic N) is 1. The number of ether oxygens (including phenoxy) is 1. The number of hydrogen-bond donors (Lipinski definition) is 1. The molecule has 0 aliphatic rings. The smallest absolute Gasteiger partial charge is 0.257 e. The number of amides is 1. The highest BCUT2D eigenvalue weighted by molar-refractivity contribution is 5.77. The summed E-state index contributed by atoms with van der Waals surface area (Å²) in [5.41, 5.74) is 1.59. The molecule has 1 aromatic heterocycles. The van der Waals surface area contributed by atoms with E-state index in [9.17, 15) is 4.79 Å². The summed E-state index contributed by atoms with van der Waals surface area (Å²) in [6.07, 6.45) is 0.547. The zero-order chi connectivity index (χ0) is 15.2. The fraction of sp³-hybridized carbons (Fsp3) is 0.176. The van der Waals surface area contributed by atoms with Crippen LogP contribution in [0.3, 0.4) is 0 Å². The molecular formula is C17H16N2O3. The standard InChI is InChI=1S/C17H16N2O3/c20-16(12-21-13-6-2-1-3-7-13)18-11-10-17-19-14-8-4-5-9-15(14)22-17/h1-9H,10-12H2,(H,18,20). The number of oxazole rings is 1. The molecule has 1 amide bonds. The van der Waals surface area contributed by atoms with E-state index in [0.29, 0.717) is 24.6 Å². The van der Waals surface area contributed by atoms with Crippen LogP contribution in [0.25, 0.3) is 11.1 Å². The van der Waals surface area contributed by atoms with Crippen LogP contribution in [0.4, 0.5) is 0 Å². The first kappa shape index (κ1) is 14.1. The normalized spacial score (nSPS) is 10.5. The second-order valence-corrected chi connectivity index (χ2v) is 4.78. The molecule has 22 heavy (non-hydrogen) atoms. The Balaban J connectivity index is 1.43. The molecule has 0 aliphatic carbocycles. The van der Waals surface area contributed by atoms with Crippen molar-refractivity contribution in [2.24, 2.45) is 0 Å². The van der Waals surface area contributed by atoms with Gasteiger partial charge in [-0.1, -0.05) is 30.3 Å². The summed E-state index contributed by atoms with van der Waals surface area (Å²) in [6, 6.07) is 16.8. The van der Waals surface area contributed by atoms with E-state index in [-0.39, 0.29) is 12.5 Å². The number of carbonyl (C=O) groups is 1. The Hall–Kier alpha value is -2.82. The summed E-state index contributed by atoms with van der Waals surface area (Å²) in [4.78, 5) is 16.0. The zero-order valence-corrected chi connectivity index (χ0v) is 12.0. The van der Waals surface area contributed by atoms with Crippen LogP contribution in [0.1, 0.15) is 5.89 Å². The van der Waals surface area contributed by atoms with Gasteiger partial charge in [-0.3, -0.25) is 4.79 Å². The zero-order valence-electron chi connectivity index (χ0n) is 12.0. The van der Waals surface area contributed by atoms with Crippen LogP contribution in [0.15, 0.2) is 59.0 Å². The first-order valence-corrected chi connectivity index (χ1v) is 7.10. The average molecular weight is 296 g/mol. The summed E-state index contributed by atoms with van der Waals surface area (Å²) in [6.45, 7) is 0.460. The Morgan fingerprint density at radius 3 is 2.68 bits per heavy atom. The van der Waals surface area contributed by atoms with E-state index in [4.69, 9.17) is 9.15 Å². The first-order valence-electron chi connectivity index (χ1n) is 7.10. The Morgan fingerprint density at radius 1 is 1.09 bits per heavy atom. The first-order chi connectivity index (χ1) is 10.8. The van der Waals surface area contributed by atoms with Crippen molar-refractivity contribution in [2.45, 2.75) is 6.42 Å². The number of nitrogens with one attached hydrogen (secondary N) is 1. The molecule has 5 nitrogen and oxygen atoms in total. The highest BCUT2D eigenvalue weighted by atomic mass is 16.5. The third kappa shape index (κ3) is 3.63. The number of fused-ring (bicyclic) bond motifs is 1. The van der Waals surface area contributed by atoms with E-state index >= 15 is 0 Å². The molecule has 1 N–H and O–H groups in total. The molecule has 5 heteroatoms. The van der Waals surface area contributed by atoms with Gasteiger partial charge in [0.1, 0.15) is 11.3 Å². The molecule has 3 aromatic rings.